The van der Waals surface area contributed by atoms with Crippen molar-refractivity contribution in [3.05, 3.63) is 95.0 Å². The van der Waals surface area contributed by atoms with Crippen LogP contribution in [0.5, 0.6) is 5.75 Å². The molecule has 2 amide bonds. The molecule has 9 heteroatoms. The fraction of sp³-hybridized carbons (Fsp3) is 0.231. The van der Waals surface area contributed by atoms with Gasteiger partial charge >= 0.3 is 0 Å². The maximum Gasteiger partial charge on any atom is 0.268 e. The second kappa shape index (κ2) is 9.79. The number of hydrogen-bond donors (Lipinski definition) is 1. The van der Waals surface area contributed by atoms with Crippen LogP contribution in [0.1, 0.15) is 41.1 Å². The molecule has 0 radical (unpaired) electrons. The van der Waals surface area contributed by atoms with Crippen LogP contribution in [0.2, 0.25) is 0 Å². The van der Waals surface area contributed by atoms with E-state index < -0.39 is 15.9 Å². The molecular weight excluding hydrogens is 468 g/mol. The lowest BCUT2D eigenvalue weighted by molar-refractivity contribution is -0.122. The number of hydrogen-bond acceptors (Lipinski definition) is 6. The van der Waals surface area contributed by atoms with Crippen molar-refractivity contribution in [1.82, 2.24) is 9.62 Å². The second-order valence-corrected chi connectivity index (χ2v) is 10.2. The van der Waals surface area contributed by atoms with Gasteiger partial charge in [-0.3, -0.25) is 9.59 Å². The van der Waals surface area contributed by atoms with Crippen LogP contribution < -0.4 is 10.1 Å². The van der Waals surface area contributed by atoms with Gasteiger partial charge in [0.05, 0.1) is 19.9 Å². The number of carbonyl (C=O) groups is 2. The van der Waals surface area contributed by atoms with Crippen LogP contribution in [0.4, 0.5) is 0 Å². The molecule has 2 aromatic carbocycles. The van der Waals surface area contributed by atoms with Gasteiger partial charge in [0.1, 0.15) is 16.4 Å². The molecule has 0 saturated carbocycles. The van der Waals surface area contributed by atoms with Gasteiger partial charge in [0.2, 0.25) is 0 Å². The summed E-state index contributed by atoms with van der Waals surface area (Å²) in [5.41, 5.74) is 1.61. The fourth-order valence-electron chi connectivity index (χ4n) is 3.98. The average molecular weight is 495 g/mol. The highest BCUT2D eigenvalue weighted by Gasteiger charge is 2.42. The minimum Gasteiger partial charge on any atom is -0.497 e. The molecular formula is C26H26N2O6S. The molecule has 1 aromatic heterocycles. The van der Waals surface area contributed by atoms with Crippen molar-refractivity contribution in [2.75, 3.05) is 7.11 Å². The van der Waals surface area contributed by atoms with E-state index in [9.17, 15) is 18.0 Å². The second-order valence-electron chi connectivity index (χ2n) is 8.35. The third-order valence-electron chi connectivity index (χ3n) is 5.80. The first-order valence-corrected chi connectivity index (χ1v) is 12.5. The van der Waals surface area contributed by atoms with E-state index in [2.05, 4.69) is 5.32 Å². The van der Waals surface area contributed by atoms with Gasteiger partial charge in [0.15, 0.2) is 0 Å². The first-order chi connectivity index (χ1) is 16.7. The van der Waals surface area contributed by atoms with Crippen molar-refractivity contribution < 1.29 is 27.2 Å². The topological polar surface area (TPSA) is 106 Å². The van der Waals surface area contributed by atoms with Gasteiger partial charge < -0.3 is 14.5 Å². The van der Waals surface area contributed by atoms with Gasteiger partial charge in [-0.2, -0.15) is 0 Å². The number of sulfonamides is 1. The summed E-state index contributed by atoms with van der Waals surface area (Å²) in [5.74, 6) is 0.553. The normalized spacial score (nSPS) is 15.9. The van der Waals surface area contributed by atoms with E-state index in [1.165, 1.54) is 14.0 Å². The molecule has 1 N–H and O–H groups in total. The standard InChI is InChI=1S/C26H26N2O6S/c1-17(15-23-5-4-14-34-23)27-25(29)21-8-6-19(7-9-21)16-28-26(30)18(2)24(35(28,31)32)20-10-12-22(33-3)13-11-20/h4-14,17H,15-16H2,1-3H3,(H,27,29). The number of benzene rings is 2. The van der Waals surface area contributed by atoms with Crippen LogP contribution in [-0.4, -0.2) is 37.7 Å². The Morgan fingerprint density at radius 1 is 1.09 bits per heavy atom. The van der Waals surface area contributed by atoms with Crippen LogP contribution in [0.25, 0.3) is 4.91 Å². The lowest BCUT2D eigenvalue weighted by atomic mass is 10.1. The summed E-state index contributed by atoms with van der Waals surface area (Å²) in [4.78, 5) is 25.4. The molecule has 0 aliphatic carbocycles. The molecule has 1 atom stereocenters. The molecule has 0 saturated heterocycles. The Kier molecular flexibility index (Phi) is 6.79. The first kappa shape index (κ1) is 24.3. The zero-order valence-electron chi connectivity index (χ0n) is 19.6. The monoisotopic (exact) mass is 494 g/mol. The van der Waals surface area contributed by atoms with E-state index in [-0.39, 0.29) is 29.0 Å². The third kappa shape index (κ3) is 5.00. The lowest BCUT2D eigenvalue weighted by Crippen LogP contribution is -2.34. The van der Waals surface area contributed by atoms with E-state index in [0.717, 1.165) is 10.1 Å². The minimum atomic E-state index is -4.03. The molecule has 8 nitrogen and oxygen atoms in total. The molecule has 1 aliphatic rings. The fourth-order valence-corrected chi connectivity index (χ4v) is 5.78. The molecule has 1 aliphatic heterocycles. The van der Waals surface area contributed by atoms with Crippen molar-refractivity contribution in [2.45, 2.75) is 32.9 Å². The van der Waals surface area contributed by atoms with E-state index in [1.54, 1.807) is 60.9 Å². The Bertz CT molecular complexity index is 1360. The zero-order valence-corrected chi connectivity index (χ0v) is 20.5. The summed E-state index contributed by atoms with van der Waals surface area (Å²) < 4.78 is 37.8. The predicted molar refractivity (Wildman–Crippen MR) is 131 cm³/mol. The third-order valence-corrected chi connectivity index (χ3v) is 7.73. The maximum absolute atomic E-state index is 13.2. The molecule has 0 spiro atoms. The molecule has 0 bridgehead atoms. The van der Waals surface area contributed by atoms with Crippen LogP contribution in [0, 0.1) is 0 Å². The molecule has 3 aromatic rings. The van der Waals surface area contributed by atoms with Gasteiger partial charge in [-0.1, -0.05) is 12.1 Å². The number of ether oxygens (including phenoxy) is 1. The summed E-state index contributed by atoms with van der Waals surface area (Å²) in [6, 6.07) is 16.6. The summed E-state index contributed by atoms with van der Waals surface area (Å²) in [5, 5.41) is 2.91. The number of nitrogens with zero attached hydrogens (tertiary/aromatic N) is 1. The van der Waals surface area contributed by atoms with Gasteiger partial charge in [-0.05, 0) is 73.5 Å². The summed E-state index contributed by atoms with van der Waals surface area (Å²) in [7, 11) is -2.51. The highest BCUT2D eigenvalue weighted by molar-refractivity contribution is 7.99. The summed E-state index contributed by atoms with van der Waals surface area (Å²) in [6.45, 7) is 3.26. The van der Waals surface area contributed by atoms with Crippen LogP contribution >= 0.6 is 0 Å². The van der Waals surface area contributed by atoms with Crippen LogP contribution in [-0.2, 0) is 27.8 Å². The highest BCUT2D eigenvalue weighted by Crippen LogP contribution is 2.37. The Morgan fingerprint density at radius 2 is 1.77 bits per heavy atom. The number of rotatable bonds is 8. The summed E-state index contributed by atoms with van der Waals surface area (Å²) >= 11 is 0. The van der Waals surface area contributed by atoms with Gasteiger partial charge in [-0.15, -0.1) is 0 Å². The lowest BCUT2D eigenvalue weighted by Gasteiger charge is -2.17. The van der Waals surface area contributed by atoms with Crippen molar-refractivity contribution in [1.29, 1.82) is 0 Å². The number of furan rings is 1. The van der Waals surface area contributed by atoms with E-state index in [4.69, 9.17) is 9.15 Å². The Hall–Kier alpha value is -3.85. The number of nitrogens with one attached hydrogen (secondary N) is 1. The smallest absolute Gasteiger partial charge is 0.268 e. The zero-order chi connectivity index (χ0) is 25.2. The quantitative estimate of drug-likeness (QED) is 0.511. The minimum absolute atomic E-state index is 0.00769. The van der Waals surface area contributed by atoms with Gasteiger partial charge in [0, 0.05) is 23.6 Å². The van der Waals surface area contributed by atoms with E-state index in [1.807, 2.05) is 13.0 Å². The molecule has 1 unspecified atom stereocenters. The van der Waals surface area contributed by atoms with E-state index >= 15 is 0 Å². The maximum atomic E-state index is 13.2. The van der Waals surface area contributed by atoms with Gasteiger partial charge in [-0.25, -0.2) is 12.7 Å². The molecule has 182 valence electrons. The highest BCUT2D eigenvalue weighted by atomic mass is 32.2. The number of methoxy groups -OCH3 is 1. The van der Waals surface area contributed by atoms with E-state index in [0.29, 0.717) is 28.9 Å². The predicted octanol–water partition coefficient (Wildman–Crippen LogP) is 3.75. The molecule has 2 heterocycles. The largest absolute Gasteiger partial charge is 0.497 e. The Morgan fingerprint density at radius 3 is 2.37 bits per heavy atom. The number of carbonyl (C=O) groups excluding carboxylic acids is 2. The van der Waals surface area contributed by atoms with Crippen LogP contribution in [0.15, 0.2) is 76.9 Å². The Labute approximate surface area is 204 Å². The number of amides is 2. The van der Waals surface area contributed by atoms with Crippen molar-refractivity contribution in [3.63, 3.8) is 0 Å². The van der Waals surface area contributed by atoms with Crippen LogP contribution in [0.3, 0.4) is 0 Å². The van der Waals surface area contributed by atoms with Crippen molar-refractivity contribution in [2.24, 2.45) is 0 Å². The van der Waals surface area contributed by atoms with Crippen molar-refractivity contribution >= 4 is 26.7 Å². The SMILES string of the molecule is COc1ccc(C2=C(C)C(=O)N(Cc3ccc(C(=O)NC(C)Cc4ccco4)cc3)S2(=O)=O)cc1. The van der Waals surface area contributed by atoms with Gasteiger partial charge in [0.25, 0.3) is 21.8 Å². The molecule has 35 heavy (non-hydrogen) atoms. The summed E-state index contributed by atoms with van der Waals surface area (Å²) in [6.07, 6.45) is 2.15. The average Bonchev–Trinajstić information content (AvgIpc) is 3.40. The first-order valence-electron chi connectivity index (χ1n) is 11.0. The van der Waals surface area contributed by atoms with Crippen molar-refractivity contribution in [3.8, 4) is 5.75 Å². The molecule has 0 fully saturated rings. The molecule has 4 rings (SSSR count). The Balaban J connectivity index is 1.45.